The fourth-order valence-corrected chi connectivity index (χ4v) is 4.17. The third-order valence-electron chi connectivity index (χ3n) is 6.66. The smallest absolute Gasteiger partial charge is 0.410 e. The molecule has 0 aromatic heterocycles. The van der Waals surface area contributed by atoms with Crippen molar-refractivity contribution in [3.63, 3.8) is 0 Å². The number of nitrogen functional groups attached to an aromatic ring is 2. The van der Waals surface area contributed by atoms with E-state index in [9.17, 15) is 13.6 Å². The molecule has 1 aliphatic rings. The summed E-state index contributed by atoms with van der Waals surface area (Å²) in [7, 11) is 0. The van der Waals surface area contributed by atoms with E-state index in [1.165, 1.54) is 11.1 Å². The van der Waals surface area contributed by atoms with E-state index in [2.05, 4.69) is 12.1 Å². The highest BCUT2D eigenvalue weighted by molar-refractivity contribution is 5.69. The van der Waals surface area contributed by atoms with Crippen LogP contribution in [0.3, 0.4) is 0 Å². The molecular weight excluding hydrogens is 464 g/mol. The highest BCUT2D eigenvalue weighted by Gasteiger charge is 2.33. The Morgan fingerprint density at radius 2 is 1.67 bits per heavy atom. The summed E-state index contributed by atoms with van der Waals surface area (Å²) >= 11 is 0. The molecule has 4 N–H and O–H groups in total. The summed E-state index contributed by atoms with van der Waals surface area (Å²) < 4.78 is 39.8. The second-order valence-corrected chi connectivity index (χ2v) is 9.69. The quantitative estimate of drug-likeness (QED) is 0.380. The van der Waals surface area contributed by atoms with E-state index >= 15 is 0 Å². The number of ether oxygens (including phenoxy) is 2. The molecule has 0 radical (unpaired) electrons. The molecule has 3 aromatic carbocycles. The monoisotopic (exact) mass is 495 g/mol. The van der Waals surface area contributed by atoms with Gasteiger partial charge in [-0.3, -0.25) is 0 Å². The number of carbonyl (C=O) groups excluding carboxylic acids is 1. The van der Waals surface area contributed by atoms with Crippen molar-refractivity contribution in [2.24, 2.45) is 0 Å². The maximum Gasteiger partial charge on any atom is 0.410 e. The largest absolute Gasteiger partial charge is 0.451 e. The molecule has 0 fully saturated rings. The number of carbonyl (C=O) groups is 1. The predicted molar refractivity (Wildman–Crippen MR) is 136 cm³/mol. The summed E-state index contributed by atoms with van der Waals surface area (Å²) in [5.41, 5.74) is 13.2. The number of rotatable bonds is 7. The number of anilines is 2. The van der Waals surface area contributed by atoms with Gasteiger partial charge < -0.3 is 25.8 Å². The fraction of sp³-hybridized carbons (Fsp3) is 0.321. The highest BCUT2D eigenvalue weighted by Crippen LogP contribution is 2.34. The lowest BCUT2D eigenvalue weighted by Gasteiger charge is -2.33. The molecule has 190 valence electrons. The van der Waals surface area contributed by atoms with Crippen LogP contribution in [0.2, 0.25) is 0 Å². The summed E-state index contributed by atoms with van der Waals surface area (Å²) in [6, 6.07) is 15.7. The summed E-state index contributed by atoms with van der Waals surface area (Å²) in [6.45, 7) is 6.07. The second kappa shape index (κ2) is 10.0. The van der Waals surface area contributed by atoms with Crippen molar-refractivity contribution in [3.8, 4) is 11.5 Å². The molecule has 6 nitrogen and oxygen atoms in total. The van der Waals surface area contributed by atoms with Crippen LogP contribution in [0.5, 0.6) is 11.5 Å². The molecule has 0 atom stereocenters. The molecule has 0 heterocycles. The average molecular weight is 496 g/mol. The summed E-state index contributed by atoms with van der Waals surface area (Å²) in [6.07, 6.45) is 1.81. The van der Waals surface area contributed by atoms with Gasteiger partial charge in [-0.2, -0.15) is 0 Å². The van der Waals surface area contributed by atoms with E-state index in [0.717, 1.165) is 24.5 Å². The first kappa shape index (κ1) is 25.3. The predicted octanol–water partition coefficient (Wildman–Crippen LogP) is 6.22. The van der Waals surface area contributed by atoms with Gasteiger partial charge in [0, 0.05) is 18.7 Å². The van der Waals surface area contributed by atoms with Crippen LogP contribution in [0, 0.1) is 11.6 Å². The lowest BCUT2D eigenvalue weighted by atomic mass is 10.1. The van der Waals surface area contributed by atoms with Crippen molar-refractivity contribution in [3.05, 3.63) is 82.9 Å². The maximum atomic E-state index is 14.4. The molecule has 36 heavy (non-hydrogen) atoms. The number of halogens is 2. The Morgan fingerprint density at radius 1 is 1.06 bits per heavy atom. The number of nitrogens with zero attached hydrogens (tertiary/aromatic N) is 1. The van der Waals surface area contributed by atoms with Crippen LogP contribution in [-0.2, 0) is 24.1 Å². The van der Waals surface area contributed by atoms with Gasteiger partial charge in [0.15, 0.2) is 11.6 Å². The van der Waals surface area contributed by atoms with Crippen LogP contribution in [0.15, 0.2) is 54.6 Å². The van der Waals surface area contributed by atoms with Gasteiger partial charge >= 0.3 is 6.09 Å². The molecule has 1 amide bonds. The summed E-state index contributed by atoms with van der Waals surface area (Å²) in [4.78, 5) is 15.0. The van der Waals surface area contributed by atoms with Gasteiger partial charge in [-0.15, -0.1) is 0 Å². The SMILES string of the molecule is CCC(C)(C)OC(=O)N(Cc1ccc(Oc2c(F)cc(N)c(N)c2F)cc1)C1Cc2ccccc2C1. The van der Waals surface area contributed by atoms with Gasteiger partial charge in [0.1, 0.15) is 11.4 Å². The Kier molecular flexibility index (Phi) is 7.06. The van der Waals surface area contributed by atoms with E-state index in [0.29, 0.717) is 13.0 Å². The van der Waals surface area contributed by atoms with Crippen molar-refractivity contribution < 1.29 is 23.0 Å². The lowest BCUT2D eigenvalue weighted by molar-refractivity contribution is 0.00239. The van der Waals surface area contributed by atoms with Crippen LogP contribution in [0.4, 0.5) is 25.0 Å². The Balaban J connectivity index is 1.53. The van der Waals surface area contributed by atoms with Crippen molar-refractivity contribution >= 4 is 17.5 Å². The van der Waals surface area contributed by atoms with Gasteiger partial charge in [-0.05, 0) is 61.9 Å². The molecule has 0 saturated carbocycles. The minimum absolute atomic E-state index is 0.0422. The van der Waals surface area contributed by atoms with Crippen LogP contribution in [-0.4, -0.2) is 22.6 Å². The maximum absolute atomic E-state index is 14.4. The normalized spacial score (nSPS) is 13.4. The fourth-order valence-electron chi connectivity index (χ4n) is 4.17. The van der Waals surface area contributed by atoms with Crippen LogP contribution < -0.4 is 16.2 Å². The van der Waals surface area contributed by atoms with Gasteiger partial charge in [-0.25, -0.2) is 13.6 Å². The van der Waals surface area contributed by atoms with Crippen LogP contribution in [0.25, 0.3) is 0 Å². The van der Waals surface area contributed by atoms with Gasteiger partial charge in [0.25, 0.3) is 0 Å². The standard InChI is InChI=1S/C28H31F2N3O3/c1-4-28(2,3)36-27(34)33(20-13-18-7-5-6-8-19(18)14-20)16-17-9-11-21(12-10-17)35-26-22(29)15-23(31)25(32)24(26)30/h5-12,15,20H,4,13-14,16,31-32H2,1-3H3. The van der Waals surface area contributed by atoms with Crippen LogP contribution in [0.1, 0.15) is 43.9 Å². The Morgan fingerprint density at radius 3 is 2.25 bits per heavy atom. The van der Waals surface area contributed by atoms with E-state index in [4.69, 9.17) is 20.9 Å². The first-order valence-electron chi connectivity index (χ1n) is 11.9. The zero-order valence-electron chi connectivity index (χ0n) is 20.7. The molecule has 0 bridgehead atoms. The molecule has 0 aliphatic heterocycles. The summed E-state index contributed by atoms with van der Waals surface area (Å²) in [5, 5.41) is 0. The highest BCUT2D eigenvalue weighted by atomic mass is 19.1. The zero-order valence-corrected chi connectivity index (χ0v) is 20.7. The minimum atomic E-state index is -1.05. The first-order valence-corrected chi connectivity index (χ1v) is 11.9. The van der Waals surface area contributed by atoms with Crippen molar-refractivity contribution in [2.45, 2.75) is 58.2 Å². The molecular formula is C28H31F2N3O3. The van der Waals surface area contributed by atoms with E-state index in [-0.39, 0.29) is 29.3 Å². The Hall–Kier alpha value is -3.81. The van der Waals surface area contributed by atoms with E-state index in [1.54, 1.807) is 29.2 Å². The zero-order chi connectivity index (χ0) is 26.0. The average Bonchev–Trinajstić information content (AvgIpc) is 3.28. The van der Waals surface area contributed by atoms with Crippen LogP contribution >= 0.6 is 0 Å². The van der Waals surface area contributed by atoms with E-state index in [1.807, 2.05) is 32.9 Å². The minimum Gasteiger partial charge on any atom is -0.451 e. The van der Waals surface area contributed by atoms with E-state index < -0.39 is 23.0 Å². The second-order valence-electron chi connectivity index (χ2n) is 9.69. The molecule has 8 heteroatoms. The van der Waals surface area contributed by atoms with Crippen molar-refractivity contribution in [1.82, 2.24) is 4.90 Å². The van der Waals surface area contributed by atoms with Gasteiger partial charge in [0.05, 0.1) is 11.4 Å². The number of amides is 1. The number of benzene rings is 3. The number of hydrogen-bond donors (Lipinski definition) is 2. The topological polar surface area (TPSA) is 90.8 Å². The van der Waals surface area contributed by atoms with Crippen molar-refractivity contribution in [1.29, 1.82) is 0 Å². The summed E-state index contributed by atoms with van der Waals surface area (Å²) in [5.74, 6) is -2.40. The molecule has 0 unspecified atom stereocenters. The molecule has 0 spiro atoms. The number of hydrogen-bond acceptors (Lipinski definition) is 5. The molecule has 0 saturated heterocycles. The third-order valence-corrected chi connectivity index (χ3v) is 6.66. The van der Waals surface area contributed by atoms with Gasteiger partial charge in [-0.1, -0.05) is 43.3 Å². The number of nitrogens with two attached hydrogens (primary N) is 2. The van der Waals surface area contributed by atoms with Crippen molar-refractivity contribution in [2.75, 3.05) is 11.5 Å². The Labute approximate surface area is 209 Å². The number of fused-ring (bicyclic) bond motifs is 1. The molecule has 1 aliphatic carbocycles. The Bertz CT molecular complexity index is 1240. The lowest BCUT2D eigenvalue weighted by Crippen LogP contribution is -2.44. The van der Waals surface area contributed by atoms with Gasteiger partial charge in [0.2, 0.25) is 5.75 Å². The first-order chi connectivity index (χ1) is 17.1. The molecule has 3 aromatic rings. The molecule has 4 rings (SSSR count). The third kappa shape index (κ3) is 5.37.